The third-order valence-corrected chi connectivity index (χ3v) is 4.33. The molecule has 0 aromatic rings. The second-order valence-corrected chi connectivity index (χ2v) is 5.76. The summed E-state index contributed by atoms with van der Waals surface area (Å²) in [5.41, 5.74) is 10.0. The molecule has 0 heterocycles. The van der Waals surface area contributed by atoms with Crippen LogP contribution in [0.2, 0.25) is 0 Å². The van der Waals surface area contributed by atoms with Gasteiger partial charge in [-0.25, -0.2) is 0 Å². The van der Waals surface area contributed by atoms with Crippen LogP contribution in [-0.4, -0.2) is 55.5 Å². The van der Waals surface area contributed by atoms with E-state index in [1.54, 1.807) is 0 Å². The molecule has 6 N–H and O–H groups in total. The van der Waals surface area contributed by atoms with Gasteiger partial charge < -0.3 is 21.7 Å². The first-order valence-electron chi connectivity index (χ1n) is 4.62. The quantitative estimate of drug-likeness (QED) is 0.481. The van der Waals surface area contributed by atoms with Crippen molar-refractivity contribution >= 4 is 34.5 Å². The Morgan fingerprint density at radius 2 is 1.76 bits per heavy atom. The lowest BCUT2D eigenvalue weighted by Crippen LogP contribution is -2.34. The summed E-state index contributed by atoms with van der Waals surface area (Å²) in [6.07, 6.45) is 1.25. The van der Waals surface area contributed by atoms with Gasteiger partial charge in [0.15, 0.2) is 4.58 Å². The molecule has 3 unspecified atom stereocenters. The molecule has 0 bridgehead atoms. The molecular weight excluding hydrogens is 268 g/mol. The predicted octanol–water partition coefficient (Wildman–Crippen LogP) is -1.11. The Bertz CT molecular complexity index is 261. The number of carboxylic acids is 2. The minimum absolute atomic E-state index is 0.0775. The Hall–Kier alpha value is -0.640. The molecule has 0 radical (unpaired) electrons. The largest absolute Gasteiger partial charge is 0.480 e. The third kappa shape index (κ3) is 10.2. The SMILES string of the molecule is CCN.CS(=O)C(SCC(N)C(=O)O)C(=O)O. The van der Waals surface area contributed by atoms with E-state index in [0.717, 1.165) is 18.3 Å². The second kappa shape index (κ2) is 10.5. The fraction of sp³-hybridized carbons (Fsp3) is 0.750. The predicted molar refractivity (Wildman–Crippen MR) is 68.3 cm³/mol. The van der Waals surface area contributed by atoms with Gasteiger partial charge in [-0.15, -0.1) is 11.8 Å². The molecule has 0 aromatic carbocycles. The lowest BCUT2D eigenvalue weighted by atomic mass is 10.4. The maximum Gasteiger partial charge on any atom is 0.329 e. The van der Waals surface area contributed by atoms with Gasteiger partial charge in [0.05, 0.1) is 0 Å². The number of hydrogen-bond acceptors (Lipinski definition) is 6. The van der Waals surface area contributed by atoms with Crippen molar-refractivity contribution in [2.24, 2.45) is 11.5 Å². The van der Waals surface area contributed by atoms with Crippen LogP contribution in [0, 0.1) is 0 Å². The van der Waals surface area contributed by atoms with Crippen molar-refractivity contribution < 1.29 is 24.0 Å². The second-order valence-electron chi connectivity index (χ2n) is 2.86. The zero-order valence-electron chi connectivity index (χ0n) is 9.66. The van der Waals surface area contributed by atoms with E-state index in [1.165, 1.54) is 6.26 Å². The zero-order valence-corrected chi connectivity index (χ0v) is 11.3. The van der Waals surface area contributed by atoms with E-state index >= 15 is 0 Å². The summed E-state index contributed by atoms with van der Waals surface area (Å²) in [6.45, 7) is 2.65. The molecule has 9 heteroatoms. The molecule has 102 valence electrons. The number of aliphatic carboxylic acids is 2. The molecule has 0 aliphatic heterocycles. The zero-order chi connectivity index (χ0) is 14.0. The summed E-state index contributed by atoms with van der Waals surface area (Å²) in [5, 5.41) is 17.0. The first-order chi connectivity index (χ1) is 7.77. The van der Waals surface area contributed by atoms with Crippen molar-refractivity contribution in [1.29, 1.82) is 0 Å². The van der Waals surface area contributed by atoms with Gasteiger partial charge >= 0.3 is 11.9 Å². The van der Waals surface area contributed by atoms with E-state index < -0.39 is 33.4 Å². The molecule has 0 fully saturated rings. The molecule has 0 saturated heterocycles. The molecule has 7 nitrogen and oxygen atoms in total. The lowest BCUT2D eigenvalue weighted by Gasteiger charge is -2.10. The Kier molecular flexibility index (Phi) is 11.6. The van der Waals surface area contributed by atoms with Crippen molar-refractivity contribution in [1.82, 2.24) is 0 Å². The summed E-state index contributed by atoms with van der Waals surface area (Å²) in [6, 6.07) is -1.13. The lowest BCUT2D eigenvalue weighted by molar-refractivity contribution is -0.138. The summed E-state index contributed by atoms with van der Waals surface area (Å²) >= 11 is 0.769. The van der Waals surface area contributed by atoms with Gasteiger partial charge in [0.25, 0.3) is 0 Å². The van der Waals surface area contributed by atoms with E-state index in [9.17, 15) is 13.8 Å². The van der Waals surface area contributed by atoms with Gasteiger partial charge in [0, 0.05) is 22.8 Å². The highest BCUT2D eigenvalue weighted by molar-refractivity contribution is 8.12. The van der Waals surface area contributed by atoms with E-state index in [4.69, 9.17) is 21.7 Å². The van der Waals surface area contributed by atoms with Crippen LogP contribution in [0.3, 0.4) is 0 Å². The fourth-order valence-electron chi connectivity index (χ4n) is 0.571. The van der Waals surface area contributed by atoms with Crippen LogP contribution in [0.4, 0.5) is 0 Å². The Morgan fingerprint density at radius 3 is 2.00 bits per heavy atom. The van der Waals surface area contributed by atoms with Gasteiger partial charge in [-0.05, 0) is 6.54 Å². The van der Waals surface area contributed by atoms with Crippen molar-refractivity contribution in [3.05, 3.63) is 0 Å². The topological polar surface area (TPSA) is 144 Å². The van der Waals surface area contributed by atoms with E-state index in [1.807, 2.05) is 6.92 Å². The monoisotopic (exact) mass is 286 g/mol. The molecule has 0 saturated carbocycles. The van der Waals surface area contributed by atoms with Crippen LogP contribution in [-0.2, 0) is 20.4 Å². The first-order valence-corrected chi connectivity index (χ1v) is 7.29. The first kappa shape index (κ1) is 18.7. The molecule has 0 aliphatic rings. The molecule has 3 atom stereocenters. The Balaban J connectivity index is 0. The average Bonchev–Trinajstić information content (AvgIpc) is 2.17. The van der Waals surface area contributed by atoms with Gasteiger partial charge in [0.2, 0.25) is 0 Å². The smallest absolute Gasteiger partial charge is 0.329 e. The van der Waals surface area contributed by atoms with Crippen molar-refractivity contribution in [3.8, 4) is 0 Å². The molecule has 17 heavy (non-hydrogen) atoms. The van der Waals surface area contributed by atoms with Gasteiger partial charge in [0.1, 0.15) is 6.04 Å². The van der Waals surface area contributed by atoms with Crippen LogP contribution in [0.25, 0.3) is 0 Å². The van der Waals surface area contributed by atoms with Crippen molar-refractivity contribution in [2.75, 3.05) is 18.6 Å². The fourth-order valence-corrected chi connectivity index (χ4v) is 2.52. The van der Waals surface area contributed by atoms with Crippen LogP contribution < -0.4 is 11.5 Å². The van der Waals surface area contributed by atoms with Gasteiger partial charge in [-0.1, -0.05) is 6.92 Å². The Labute approximate surface area is 106 Å². The number of hydrogen-bond donors (Lipinski definition) is 4. The highest BCUT2D eigenvalue weighted by Gasteiger charge is 2.24. The number of carboxylic acid groups (broad SMARTS) is 2. The maximum atomic E-state index is 10.9. The normalized spacial score (nSPS) is 15.1. The van der Waals surface area contributed by atoms with Crippen LogP contribution in [0.5, 0.6) is 0 Å². The molecule has 0 aliphatic carbocycles. The Morgan fingerprint density at radius 1 is 1.35 bits per heavy atom. The van der Waals surface area contributed by atoms with Crippen molar-refractivity contribution in [2.45, 2.75) is 17.5 Å². The highest BCUT2D eigenvalue weighted by atomic mass is 32.2. The van der Waals surface area contributed by atoms with Crippen molar-refractivity contribution in [3.63, 3.8) is 0 Å². The maximum absolute atomic E-state index is 10.9. The molecular formula is C8H18N2O5S2. The summed E-state index contributed by atoms with van der Waals surface area (Å²) in [4.78, 5) is 20.8. The number of nitrogens with two attached hydrogens (primary N) is 2. The van der Waals surface area contributed by atoms with Crippen LogP contribution in [0.1, 0.15) is 6.92 Å². The van der Waals surface area contributed by atoms with Gasteiger partial charge in [-0.3, -0.25) is 13.8 Å². The van der Waals surface area contributed by atoms with E-state index in [0.29, 0.717) is 0 Å². The summed E-state index contributed by atoms with van der Waals surface area (Å²) < 4.78 is 9.76. The number of rotatable bonds is 6. The molecule has 0 amide bonds. The summed E-state index contributed by atoms with van der Waals surface area (Å²) in [7, 11) is -1.55. The van der Waals surface area contributed by atoms with E-state index in [-0.39, 0.29) is 5.75 Å². The highest BCUT2D eigenvalue weighted by Crippen LogP contribution is 2.15. The summed E-state index contributed by atoms with van der Waals surface area (Å²) in [5.74, 6) is -2.51. The number of carbonyl (C=O) groups is 2. The van der Waals surface area contributed by atoms with E-state index in [2.05, 4.69) is 0 Å². The average molecular weight is 286 g/mol. The molecule has 0 aromatic heterocycles. The van der Waals surface area contributed by atoms with Crippen LogP contribution in [0.15, 0.2) is 0 Å². The van der Waals surface area contributed by atoms with Crippen LogP contribution >= 0.6 is 11.8 Å². The molecule has 0 spiro atoms. The standard InChI is InChI=1S/C6H11NO5S2.C2H7N/c1-14(12)6(5(10)11)13-2-3(7)4(8)9;1-2-3/h3,6H,2,7H2,1H3,(H,8,9)(H,10,11);2-3H2,1H3. The number of thioether (sulfide) groups is 1. The van der Waals surface area contributed by atoms with Gasteiger partial charge in [-0.2, -0.15) is 0 Å². The minimum Gasteiger partial charge on any atom is -0.480 e. The minimum atomic E-state index is -1.55. The molecule has 0 rings (SSSR count). The third-order valence-electron chi connectivity index (χ3n) is 1.25.